The molecule has 23 heavy (non-hydrogen) atoms. The molecule has 0 saturated heterocycles. The van der Waals surface area contributed by atoms with E-state index in [0.717, 1.165) is 5.56 Å². The third-order valence-corrected chi connectivity index (χ3v) is 5.63. The molecule has 0 atom stereocenters. The Hall–Kier alpha value is -2.35. The number of benzene rings is 3. The molecule has 0 fully saturated rings. The van der Waals surface area contributed by atoms with Gasteiger partial charge in [-0.25, -0.2) is 0 Å². The zero-order chi connectivity index (χ0) is 16.1. The van der Waals surface area contributed by atoms with Gasteiger partial charge in [-0.3, -0.25) is 0 Å². The Morgan fingerprint density at radius 1 is 0.609 bits per heavy atom. The van der Waals surface area contributed by atoms with Crippen molar-refractivity contribution < 1.29 is 0 Å². The number of aryl methyl sites for hydroxylation is 2. The first-order valence-electron chi connectivity index (χ1n) is 7.72. The molecule has 0 nitrogen and oxygen atoms in total. The van der Waals surface area contributed by atoms with Gasteiger partial charge < -0.3 is 0 Å². The van der Waals surface area contributed by atoms with Crippen LogP contribution >= 0.6 is 7.92 Å². The van der Waals surface area contributed by atoms with Crippen LogP contribution in [0, 0.1) is 25.4 Å². The van der Waals surface area contributed by atoms with Crippen LogP contribution in [0.5, 0.6) is 0 Å². The van der Waals surface area contributed by atoms with E-state index in [2.05, 4.69) is 86.1 Å². The van der Waals surface area contributed by atoms with Gasteiger partial charge in [0.05, 0.1) is 0 Å². The second kappa shape index (κ2) is 7.28. The first kappa shape index (κ1) is 15.5. The van der Waals surface area contributed by atoms with Crippen LogP contribution in [0.15, 0.2) is 78.9 Å². The van der Waals surface area contributed by atoms with E-state index in [9.17, 15) is 0 Å². The van der Waals surface area contributed by atoms with Gasteiger partial charge in [0.1, 0.15) is 0 Å². The molecule has 112 valence electrons. The summed E-state index contributed by atoms with van der Waals surface area (Å²) in [6.45, 7) is 4.24. The second-order valence-corrected chi connectivity index (χ2v) is 7.54. The smallest absolute Gasteiger partial charge is 0.0348 e. The van der Waals surface area contributed by atoms with Gasteiger partial charge in [0.15, 0.2) is 0 Å². The van der Waals surface area contributed by atoms with Crippen molar-refractivity contribution in [2.24, 2.45) is 0 Å². The first-order valence-corrected chi connectivity index (χ1v) is 9.07. The summed E-state index contributed by atoms with van der Waals surface area (Å²) >= 11 is 0. The number of hydrogen-bond acceptors (Lipinski definition) is 0. The van der Waals surface area contributed by atoms with Crippen molar-refractivity contribution in [3.8, 4) is 11.6 Å². The molecule has 3 aromatic carbocycles. The predicted molar refractivity (Wildman–Crippen MR) is 102 cm³/mol. The van der Waals surface area contributed by atoms with Crippen LogP contribution in [0.4, 0.5) is 0 Å². The minimum Gasteiger partial charge on any atom is -0.0622 e. The van der Waals surface area contributed by atoms with Crippen LogP contribution in [0.25, 0.3) is 0 Å². The van der Waals surface area contributed by atoms with E-state index in [-0.39, 0.29) is 0 Å². The summed E-state index contributed by atoms with van der Waals surface area (Å²) in [4.78, 5) is 0. The van der Waals surface area contributed by atoms with Gasteiger partial charge in [0.25, 0.3) is 0 Å². The maximum absolute atomic E-state index is 3.52. The van der Waals surface area contributed by atoms with Gasteiger partial charge in [0, 0.05) is 13.5 Å². The summed E-state index contributed by atoms with van der Waals surface area (Å²) in [5, 5.41) is 2.61. The highest BCUT2D eigenvalue weighted by Gasteiger charge is 2.11. The highest BCUT2D eigenvalue weighted by molar-refractivity contribution is 7.77. The summed E-state index contributed by atoms with van der Waals surface area (Å²) in [5.74, 6) is 3.35. The molecule has 0 aliphatic carbocycles. The lowest BCUT2D eigenvalue weighted by atomic mass is 10.2. The van der Waals surface area contributed by atoms with E-state index >= 15 is 0 Å². The van der Waals surface area contributed by atoms with E-state index < -0.39 is 7.92 Å². The summed E-state index contributed by atoms with van der Waals surface area (Å²) in [6, 6.07) is 27.7. The fourth-order valence-electron chi connectivity index (χ4n) is 2.31. The van der Waals surface area contributed by atoms with Gasteiger partial charge in [0.2, 0.25) is 0 Å². The molecule has 0 aliphatic rings. The topological polar surface area (TPSA) is 0 Å². The van der Waals surface area contributed by atoms with Crippen LogP contribution in [0.3, 0.4) is 0 Å². The largest absolute Gasteiger partial charge is 0.0622 e. The van der Waals surface area contributed by atoms with Gasteiger partial charge in [-0.05, 0) is 36.6 Å². The highest BCUT2D eigenvalue weighted by atomic mass is 31.1. The van der Waals surface area contributed by atoms with Gasteiger partial charge in [-0.1, -0.05) is 89.4 Å². The van der Waals surface area contributed by atoms with Crippen LogP contribution < -0.4 is 10.6 Å². The monoisotopic (exact) mass is 314 g/mol. The molecule has 0 aliphatic heterocycles. The van der Waals surface area contributed by atoms with Crippen LogP contribution in [0.1, 0.15) is 16.7 Å². The molecule has 0 radical (unpaired) electrons. The summed E-state index contributed by atoms with van der Waals surface area (Å²) in [5.41, 5.74) is 7.15. The summed E-state index contributed by atoms with van der Waals surface area (Å²) in [6.07, 6.45) is 0. The molecule has 0 saturated carbocycles. The van der Waals surface area contributed by atoms with Crippen molar-refractivity contribution in [2.45, 2.75) is 13.8 Å². The Morgan fingerprint density at radius 2 is 1.09 bits per heavy atom. The molecule has 0 amide bonds. The molecule has 0 spiro atoms. The summed E-state index contributed by atoms with van der Waals surface area (Å²) in [7, 11) is -0.660. The van der Waals surface area contributed by atoms with Crippen molar-refractivity contribution in [2.75, 3.05) is 0 Å². The van der Waals surface area contributed by atoms with E-state index in [0.29, 0.717) is 0 Å². The lowest BCUT2D eigenvalue weighted by Gasteiger charge is -2.12. The molecule has 0 aromatic heterocycles. The molecule has 0 bridgehead atoms. The van der Waals surface area contributed by atoms with Gasteiger partial charge in [-0.15, -0.1) is 0 Å². The molecular formula is C22H19P. The van der Waals surface area contributed by atoms with Crippen molar-refractivity contribution in [3.63, 3.8) is 0 Å². The van der Waals surface area contributed by atoms with Crippen LogP contribution in [0.2, 0.25) is 0 Å². The third kappa shape index (κ3) is 4.10. The van der Waals surface area contributed by atoms with Crippen molar-refractivity contribution >= 4 is 18.5 Å². The van der Waals surface area contributed by atoms with Crippen molar-refractivity contribution in [1.82, 2.24) is 0 Å². The third-order valence-electron chi connectivity index (χ3n) is 3.67. The minimum absolute atomic E-state index is 0.660. The molecule has 3 aromatic rings. The standard InChI is InChI=1S/C22H19P/c1-18-8-12-21(13-9-18)23(22-14-10-19(2)11-15-22)17-16-20-6-4-3-5-7-20/h3-15H,1-2H3. The fourth-order valence-corrected chi connectivity index (χ4v) is 4.00. The zero-order valence-corrected chi connectivity index (χ0v) is 14.3. The van der Waals surface area contributed by atoms with Crippen LogP contribution in [-0.4, -0.2) is 0 Å². The molecular weight excluding hydrogens is 295 g/mol. The highest BCUT2D eigenvalue weighted by Crippen LogP contribution is 2.32. The Bertz CT molecular complexity index is 774. The fraction of sp³-hybridized carbons (Fsp3) is 0.0909. The Kier molecular flexibility index (Phi) is 4.92. The molecule has 0 unspecified atom stereocenters. The van der Waals surface area contributed by atoms with Gasteiger partial charge in [-0.2, -0.15) is 0 Å². The lowest BCUT2D eigenvalue weighted by molar-refractivity contribution is 1.49. The van der Waals surface area contributed by atoms with Crippen molar-refractivity contribution in [1.29, 1.82) is 0 Å². The van der Waals surface area contributed by atoms with Crippen molar-refractivity contribution in [3.05, 3.63) is 95.6 Å². The Balaban J connectivity index is 2.01. The van der Waals surface area contributed by atoms with E-state index in [1.165, 1.54) is 21.7 Å². The lowest BCUT2D eigenvalue weighted by Crippen LogP contribution is -2.10. The van der Waals surface area contributed by atoms with E-state index in [4.69, 9.17) is 0 Å². The number of hydrogen-bond donors (Lipinski definition) is 0. The second-order valence-electron chi connectivity index (χ2n) is 5.61. The van der Waals surface area contributed by atoms with Crippen LogP contribution in [-0.2, 0) is 0 Å². The molecule has 0 N–H and O–H groups in total. The normalized spacial score (nSPS) is 10.2. The number of rotatable bonds is 2. The minimum atomic E-state index is -0.660. The average molecular weight is 314 g/mol. The maximum atomic E-state index is 3.52. The molecule has 1 heteroatoms. The quantitative estimate of drug-likeness (QED) is 0.473. The van der Waals surface area contributed by atoms with E-state index in [1.807, 2.05) is 18.2 Å². The summed E-state index contributed by atoms with van der Waals surface area (Å²) < 4.78 is 0. The average Bonchev–Trinajstić information content (AvgIpc) is 2.59. The molecule has 0 heterocycles. The Morgan fingerprint density at radius 3 is 1.57 bits per heavy atom. The first-order chi connectivity index (χ1) is 11.2. The molecule has 3 rings (SSSR count). The Labute approximate surface area is 140 Å². The van der Waals surface area contributed by atoms with E-state index in [1.54, 1.807) is 0 Å². The SMILES string of the molecule is Cc1ccc(P(C#Cc2ccccc2)c2ccc(C)cc2)cc1. The van der Waals surface area contributed by atoms with Gasteiger partial charge >= 0.3 is 0 Å². The zero-order valence-electron chi connectivity index (χ0n) is 13.5. The maximum Gasteiger partial charge on any atom is 0.0348 e. The predicted octanol–water partition coefficient (Wildman–Crippen LogP) is 4.75.